The fraction of sp³-hybridized carbons (Fsp3) is 0.429. The Balaban J connectivity index is 2.12. The molecule has 1 N–H and O–H groups in total. The van der Waals surface area contributed by atoms with Crippen molar-refractivity contribution in [2.24, 2.45) is 5.92 Å². The molecular formula is C14H15FN2O. The molecule has 1 fully saturated rings. The van der Waals surface area contributed by atoms with Crippen molar-refractivity contribution in [2.75, 3.05) is 5.32 Å². The average molecular weight is 246 g/mol. The minimum absolute atomic E-state index is 0.00596. The summed E-state index contributed by atoms with van der Waals surface area (Å²) in [5.74, 6) is -0.704. The summed E-state index contributed by atoms with van der Waals surface area (Å²) in [4.78, 5) is 12.0. The molecule has 1 saturated carbocycles. The first-order valence-corrected chi connectivity index (χ1v) is 6.22. The zero-order valence-electron chi connectivity index (χ0n) is 10.1. The minimum atomic E-state index is -0.598. The highest BCUT2D eigenvalue weighted by molar-refractivity contribution is 5.93. The second-order valence-electron chi connectivity index (χ2n) is 4.60. The zero-order chi connectivity index (χ0) is 13.0. The molecule has 0 spiro atoms. The van der Waals surface area contributed by atoms with E-state index in [4.69, 9.17) is 5.26 Å². The predicted octanol–water partition coefficient (Wildman–Crippen LogP) is 3.22. The standard InChI is InChI=1S/C14H15FN2O/c15-12-7-4-8-13(11(12)9-16)17-14(18)10-5-2-1-3-6-10/h4,7-8,10H,1-3,5-6H2,(H,17,18). The number of carbonyl (C=O) groups is 1. The molecule has 4 heteroatoms. The number of nitrogens with zero attached hydrogens (tertiary/aromatic N) is 1. The lowest BCUT2D eigenvalue weighted by molar-refractivity contribution is -0.120. The number of benzene rings is 1. The van der Waals surface area contributed by atoms with E-state index in [0.717, 1.165) is 25.7 Å². The summed E-state index contributed by atoms with van der Waals surface area (Å²) in [5.41, 5.74) is 0.176. The highest BCUT2D eigenvalue weighted by Gasteiger charge is 2.22. The van der Waals surface area contributed by atoms with E-state index >= 15 is 0 Å². The fourth-order valence-electron chi connectivity index (χ4n) is 2.34. The van der Waals surface area contributed by atoms with Crippen LogP contribution in [0.5, 0.6) is 0 Å². The maximum absolute atomic E-state index is 13.4. The molecule has 0 bridgehead atoms. The molecule has 1 aliphatic rings. The van der Waals surface area contributed by atoms with Gasteiger partial charge >= 0.3 is 0 Å². The number of nitriles is 1. The molecule has 1 aliphatic carbocycles. The first-order chi connectivity index (χ1) is 8.72. The molecule has 1 aromatic rings. The van der Waals surface area contributed by atoms with E-state index in [1.165, 1.54) is 18.6 Å². The van der Waals surface area contributed by atoms with Gasteiger partial charge in [0.2, 0.25) is 5.91 Å². The number of nitrogens with one attached hydrogen (secondary N) is 1. The van der Waals surface area contributed by atoms with Crippen LogP contribution >= 0.6 is 0 Å². The largest absolute Gasteiger partial charge is 0.325 e. The molecular weight excluding hydrogens is 231 g/mol. The van der Waals surface area contributed by atoms with Gasteiger partial charge in [-0.15, -0.1) is 0 Å². The molecule has 0 atom stereocenters. The van der Waals surface area contributed by atoms with Crippen molar-refractivity contribution in [1.82, 2.24) is 0 Å². The van der Waals surface area contributed by atoms with Gasteiger partial charge in [0.1, 0.15) is 17.4 Å². The Kier molecular flexibility index (Phi) is 3.93. The van der Waals surface area contributed by atoms with Crippen LogP contribution in [0.3, 0.4) is 0 Å². The van der Waals surface area contributed by atoms with Gasteiger partial charge in [0.15, 0.2) is 0 Å². The summed E-state index contributed by atoms with van der Waals surface area (Å²) in [7, 11) is 0. The zero-order valence-corrected chi connectivity index (χ0v) is 10.1. The summed E-state index contributed by atoms with van der Waals surface area (Å²) in [6, 6.07) is 6.05. The van der Waals surface area contributed by atoms with E-state index in [1.54, 1.807) is 12.1 Å². The SMILES string of the molecule is N#Cc1c(F)cccc1NC(=O)C1CCCCC1. The Morgan fingerprint density at radius 3 is 2.72 bits per heavy atom. The van der Waals surface area contributed by atoms with Gasteiger partial charge in [0.05, 0.1) is 5.69 Å². The number of amides is 1. The maximum Gasteiger partial charge on any atom is 0.227 e. The Morgan fingerprint density at radius 1 is 1.33 bits per heavy atom. The van der Waals surface area contributed by atoms with E-state index in [1.807, 2.05) is 0 Å². The molecule has 0 saturated heterocycles. The van der Waals surface area contributed by atoms with Crippen LogP contribution in [0.1, 0.15) is 37.7 Å². The summed E-state index contributed by atoms with van der Waals surface area (Å²) < 4.78 is 13.4. The van der Waals surface area contributed by atoms with Crippen LogP contribution < -0.4 is 5.32 Å². The predicted molar refractivity (Wildman–Crippen MR) is 66.3 cm³/mol. The van der Waals surface area contributed by atoms with Crippen molar-refractivity contribution >= 4 is 11.6 Å². The normalized spacial score (nSPS) is 16.0. The molecule has 0 heterocycles. The maximum atomic E-state index is 13.4. The van der Waals surface area contributed by atoms with Crippen molar-refractivity contribution in [2.45, 2.75) is 32.1 Å². The van der Waals surface area contributed by atoms with Crippen LogP contribution in [0.2, 0.25) is 0 Å². The highest BCUT2D eigenvalue weighted by atomic mass is 19.1. The third-order valence-electron chi connectivity index (χ3n) is 3.36. The lowest BCUT2D eigenvalue weighted by Gasteiger charge is -2.21. The third kappa shape index (κ3) is 2.67. The molecule has 2 rings (SSSR count). The van der Waals surface area contributed by atoms with E-state index in [-0.39, 0.29) is 23.1 Å². The number of rotatable bonds is 2. The number of carbonyl (C=O) groups excluding carboxylic acids is 1. The minimum Gasteiger partial charge on any atom is -0.325 e. The van der Waals surface area contributed by atoms with Gasteiger partial charge in [0, 0.05) is 5.92 Å². The summed E-state index contributed by atoms with van der Waals surface area (Å²) in [5, 5.41) is 11.6. The molecule has 0 unspecified atom stereocenters. The van der Waals surface area contributed by atoms with Crippen molar-refractivity contribution in [1.29, 1.82) is 5.26 Å². The quantitative estimate of drug-likeness (QED) is 0.871. The van der Waals surface area contributed by atoms with Crippen LogP contribution in [-0.4, -0.2) is 5.91 Å². The van der Waals surface area contributed by atoms with Crippen LogP contribution in [0.15, 0.2) is 18.2 Å². The molecule has 3 nitrogen and oxygen atoms in total. The number of hydrogen-bond donors (Lipinski definition) is 1. The van der Waals surface area contributed by atoms with E-state index in [0.29, 0.717) is 0 Å². The monoisotopic (exact) mass is 246 g/mol. The smallest absolute Gasteiger partial charge is 0.227 e. The van der Waals surface area contributed by atoms with Gasteiger partial charge in [0.25, 0.3) is 0 Å². The van der Waals surface area contributed by atoms with E-state index in [2.05, 4.69) is 5.32 Å². The molecule has 0 aromatic heterocycles. The lowest BCUT2D eigenvalue weighted by atomic mass is 9.88. The van der Waals surface area contributed by atoms with Gasteiger partial charge < -0.3 is 5.32 Å². The average Bonchev–Trinajstić information content (AvgIpc) is 2.40. The molecule has 0 radical (unpaired) electrons. The van der Waals surface area contributed by atoms with Crippen molar-refractivity contribution < 1.29 is 9.18 Å². The molecule has 94 valence electrons. The third-order valence-corrected chi connectivity index (χ3v) is 3.36. The molecule has 1 amide bonds. The van der Waals surface area contributed by atoms with Crippen molar-refractivity contribution in [3.05, 3.63) is 29.6 Å². The first kappa shape index (κ1) is 12.6. The fourth-order valence-corrected chi connectivity index (χ4v) is 2.34. The lowest BCUT2D eigenvalue weighted by Crippen LogP contribution is -2.25. The second kappa shape index (κ2) is 5.63. The summed E-state index contributed by atoms with van der Waals surface area (Å²) in [6.07, 6.45) is 5.05. The Bertz CT molecular complexity index is 487. The summed E-state index contributed by atoms with van der Waals surface area (Å²) in [6.45, 7) is 0. The van der Waals surface area contributed by atoms with Crippen LogP contribution in [0, 0.1) is 23.1 Å². The second-order valence-corrected chi connectivity index (χ2v) is 4.60. The van der Waals surface area contributed by atoms with Gasteiger partial charge in [-0.2, -0.15) is 5.26 Å². The van der Waals surface area contributed by atoms with E-state index in [9.17, 15) is 9.18 Å². The highest BCUT2D eigenvalue weighted by Crippen LogP contribution is 2.26. The van der Waals surface area contributed by atoms with Gasteiger partial charge in [-0.05, 0) is 25.0 Å². The van der Waals surface area contributed by atoms with E-state index < -0.39 is 5.82 Å². The van der Waals surface area contributed by atoms with Crippen molar-refractivity contribution in [3.63, 3.8) is 0 Å². The Labute approximate surface area is 106 Å². The number of anilines is 1. The topological polar surface area (TPSA) is 52.9 Å². The van der Waals surface area contributed by atoms with Gasteiger partial charge in [-0.1, -0.05) is 25.3 Å². The van der Waals surface area contributed by atoms with Crippen LogP contribution in [-0.2, 0) is 4.79 Å². The number of hydrogen-bond acceptors (Lipinski definition) is 2. The van der Waals surface area contributed by atoms with Gasteiger partial charge in [-0.25, -0.2) is 4.39 Å². The Morgan fingerprint density at radius 2 is 2.06 bits per heavy atom. The molecule has 0 aliphatic heterocycles. The first-order valence-electron chi connectivity index (χ1n) is 6.22. The van der Waals surface area contributed by atoms with Crippen molar-refractivity contribution in [3.8, 4) is 6.07 Å². The molecule has 18 heavy (non-hydrogen) atoms. The summed E-state index contributed by atoms with van der Waals surface area (Å²) >= 11 is 0. The van der Waals surface area contributed by atoms with Gasteiger partial charge in [-0.3, -0.25) is 4.79 Å². The molecule has 1 aromatic carbocycles. The number of halogens is 1. The van der Waals surface area contributed by atoms with Crippen LogP contribution in [0.4, 0.5) is 10.1 Å². The van der Waals surface area contributed by atoms with Crippen LogP contribution in [0.25, 0.3) is 0 Å². The Hall–Kier alpha value is -1.89.